The van der Waals surface area contributed by atoms with Gasteiger partial charge < -0.3 is 5.11 Å². The number of phenolic OH excluding ortho intramolecular Hbond substituents is 1. The van der Waals surface area contributed by atoms with E-state index < -0.39 is 6.37 Å². The van der Waals surface area contributed by atoms with E-state index in [1.54, 1.807) is 0 Å². The molecule has 2 heterocycles. The molecular formula is C73H65N3O. The zero-order valence-corrected chi connectivity index (χ0v) is 44.6. The van der Waals surface area contributed by atoms with Crippen molar-refractivity contribution in [1.82, 2.24) is 14.5 Å². The molecule has 378 valence electrons. The van der Waals surface area contributed by atoms with Crippen molar-refractivity contribution < 1.29 is 7.85 Å². The van der Waals surface area contributed by atoms with Crippen molar-refractivity contribution >= 4 is 11.0 Å². The largest absolute Gasteiger partial charge is 0.507 e. The number of imidazole rings is 1. The number of phenols is 1. The van der Waals surface area contributed by atoms with Crippen LogP contribution in [0.5, 0.6) is 5.75 Å². The number of pyridine rings is 1. The molecule has 4 nitrogen and oxygen atoms in total. The Morgan fingerprint density at radius 3 is 1.77 bits per heavy atom. The molecule has 0 unspecified atom stereocenters. The molecule has 1 N–H and O–H groups in total. The number of rotatable bonds is 12. The monoisotopic (exact) mass is 1000 g/mol. The molecule has 1 fully saturated rings. The third-order valence-electron chi connectivity index (χ3n) is 15.9. The summed E-state index contributed by atoms with van der Waals surface area (Å²) in [6.45, 7) is 11.3. The summed E-state index contributed by atoms with van der Waals surface area (Å²) < 4.78 is 21.4. The SMILES string of the molecule is [2H]C([2H])(c1ccc(-n2c(-c3cc(-c4ccccc4)cc(-c4ccccc4)c3O)nc3c(-c4cc(-c5cc(-c6cccc(C(C)(C)c7ccccc7)c6)ccn5)cc(C(C)(C)C)c4)cccc32)c(-c2ccccc2)c1)C1CCCC1. The quantitative estimate of drug-likeness (QED) is 0.133. The van der Waals surface area contributed by atoms with E-state index >= 15 is 0 Å². The van der Waals surface area contributed by atoms with Crippen molar-refractivity contribution in [2.24, 2.45) is 5.92 Å². The summed E-state index contributed by atoms with van der Waals surface area (Å²) in [5, 5.41) is 12.9. The molecule has 0 amide bonds. The molecule has 11 aromatic rings. The van der Waals surface area contributed by atoms with Crippen LogP contribution in [0.2, 0.25) is 0 Å². The zero-order valence-electron chi connectivity index (χ0n) is 46.6. The van der Waals surface area contributed by atoms with Gasteiger partial charge in [0.05, 0.1) is 28.0 Å². The highest BCUT2D eigenvalue weighted by atomic mass is 16.3. The van der Waals surface area contributed by atoms with Gasteiger partial charge in [-0.3, -0.25) is 9.55 Å². The van der Waals surface area contributed by atoms with Crippen LogP contribution in [0.3, 0.4) is 0 Å². The van der Waals surface area contributed by atoms with Crippen LogP contribution in [0.25, 0.3) is 95.0 Å². The van der Waals surface area contributed by atoms with E-state index in [2.05, 4.69) is 191 Å². The Kier molecular flexibility index (Phi) is 12.5. The van der Waals surface area contributed by atoms with E-state index in [1.807, 2.05) is 79.0 Å². The van der Waals surface area contributed by atoms with Crippen molar-refractivity contribution in [1.29, 1.82) is 0 Å². The van der Waals surface area contributed by atoms with Gasteiger partial charge in [-0.25, -0.2) is 4.98 Å². The maximum Gasteiger partial charge on any atom is 0.149 e. The first-order valence-corrected chi connectivity index (χ1v) is 27.2. The number of benzene rings is 9. The average molecular weight is 1000 g/mol. The van der Waals surface area contributed by atoms with Crippen molar-refractivity contribution in [3.05, 3.63) is 253 Å². The van der Waals surface area contributed by atoms with Gasteiger partial charge in [-0.15, -0.1) is 0 Å². The predicted octanol–water partition coefficient (Wildman–Crippen LogP) is 19.2. The lowest BCUT2D eigenvalue weighted by atomic mass is 9.77. The highest BCUT2D eigenvalue weighted by molar-refractivity contribution is 5.99. The van der Waals surface area contributed by atoms with E-state index in [9.17, 15) is 7.85 Å². The Hall–Kier alpha value is -8.60. The van der Waals surface area contributed by atoms with E-state index in [4.69, 9.17) is 9.97 Å². The summed E-state index contributed by atoms with van der Waals surface area (Å²) in [4.78, 5) is 10.8. The third kappa shape index (κ3) is 9.81. The molecule has 2 aromatic heterocycles. The molecule has 12 rings (SSSR count). The van der Waals surface area contributed by atoms with Crippen molar-refractivity contribution in [2.75, 3.05) is 0 Å². The van der Waals surface area contributed by atoms with Gasteiger partial charge >= 0.3 is 0 Å². The van der Waals surface area contributed by atoms with Crippen LogP contribution in [-0.2, 0) is 17.2 Å². The number of nitrogens with zero attached hydrogens (tertiary/aromatic N) is 3. The minimum absolute atomic E-state index is 0.0572. The van der Waals surface area contributed by atoms with E-state index in [-0.39, 0.29) is 22.5 Å². The average Bonchev–Trinajstić information content (AvgIpc) is 4.41. The second kappa shape index (κ2) is 20.5. The standard InChI is InChI=1S/C73H65N3O/c1-72(2,3)61-44-57(42-58(45-61)66-48-55(38-39-74-66)54-30-20-33-60(43-54)73(4,5)59-31-16-9-17-32-59)62-34-21-35-68-69(62)75-71(65-47-56(51-24-10-6-11-25-51)46-64(70(65)77)53-28-14-8-15-29-53)76(68)67-37-36-50(40-49-22-18-19-23-49)41-63(67)52-26-12-7-13-27-52/h6-17,20-21,24-39,41-49,77H,18-19,22-23,40H2,1-5H3/i40D2. The highest BCUT2D eigenvalue weighted by Gasteiger charge is 2.27. The number of hydrogen-bond acceptors (Lipinski definition) is 3. The van der Waals surface area contributed by atoms with E-state index in [0.717, 1.165) is 109 Å². The fourth-order valence-electron chi connectivity index (χ4n) is 11.4. The minimum Gasteiger partial charge on any atom is -0.507 e. The van der Waals surface area contributed by atoms with Gasteiger partial charge in [0.15, 0.2) is 0 Å². The summed E-state index contributed by atoms with van der Waals surface area (Å²) in [6, 6.07) is 78.1. The molecule has 0 aliphatic heterocycles. The van der Waals surface area contributed by atoms with Crippen LogP contribution in [0.15, 0.2) is 231 Å². The first kappa shape index (κ1) is 46.9. The van der Waals surface area contributed by atoms with Gasteiger partial charge in [-0.1, -0.05) is 230 Å². The molecule has 4 heteroatoms. The lowest BCUT2D eigenvalue weighted by molar-refractivity contribution is 0.479. The third-order valence-corrected chi connectivity index (χ3v) is 15.9. The summed E-state index contributed by atoms with van der Waals surface area (Å²) in [7, 11) is 0. The molecule has 0 spiro atoms. The number of aromatic nitrogens is 3. The first-order chi connectivity index (χ1) is 38.2. The van der Waals surface area contributed by atoms with Gasteiger partial charge in [0.2, 0.25) is 0 Å². The summed E-state index contributed by atoms with van der Waals surface area (Å²) in [5.74, 6) is 0.632. The van der Waals surface area contributed by atoms with E-state index in [1.165, 1.54) is 11.1 Å². The lowest BCUT2D eigenvalue weighted by Crippen LogP contribution is -2.18. The van der Waals surface area contributed by atoms with Gasteiger partial charge in [-0.05, 0) is 134 Å². The topological polar surface area (TPSA) is 50.9 Å². The molecule has 77 heavy (non-hydrogen) atoms. The molecule has 0 radical (unpaired) electrons. The second-order valence-corrected chi connectivity index (χ2v) is 22.4. The van der Waals surface area contributed by atoms with Crippen molar-refractivity contribution in [3.63, 3.8) is 0 Å². The molecule has 0 saturated heterocycles. The van der Waals surface area contributed by atoms with Gasteiger partial charge in [0.1, 0.15) is 11.6 Å². The van der Waals surface area contributed by atoms with Gasteiger partial charge in [0.25, 0.3) is 0 Å². The molecule has 1 aliphatic carbocycles. The zero-order chi connectivity index (χ0) is 54.5. The van der Waals surface area contributed by atoms with Crippen molar-refractivity contribution in [3.8, 4) is 89.7 Å². The Morgan fingerprint density at radius 2 is 1.06 bits per heavy atom. The van der Waals surface area contributed by atoms with Crippen LogP contribution in [0, 0.1) is 5.92 Å². The Labute approximate surface area is 457 Å². The molecule has 9 aromatic carbocycles. The van der Waals surface area contributed by atoms with Crippen LogP contribution < -0.4 is 0 Å². The van der Waals surface area contributed by atoms with Crippen LogP contribution in [0.4, 0.5) is 0 Å². The summed E-state index contributed by atoms with van der Waals surface area (Å²) in [6.07, 6.45) is 4.23. The molecule has 1 aliphatic rings. The number of hydrogen-bond donors (Lipinski definition) is 1. The van der Waals surface area contributed by atoms with Crippen molar-refractivity contribution in [2.45, 2.75) is 77.5 Å². The van der Waals surface area contributed by atoms with Crippen LogP contribution in [0.1, 0.15) is 85.3 Å². The molecule has 0 bridgehead atoms. The second-order valence-electron chi connectivity index (χ2n) is 22.4. The maximum atomic E-state index is 12.9. The maximum absolute atomic E-state index is 12.9. The van der Waals surface area contributed by atoms with E-state index in [0.29, 0.717) is 22.5 Å². The Balaban J connectivity index is 1.09. The summed E-state index contributed by atoms with van der Waals surface area (Å²) in [5.41, 5.74) is 18.4. The molecule has 1 saturated carbocycles. The smallest absolute Gasteiger partial charge is 0.149 e. The lowest BCUT2D eigenvalue weighted by Gasteiger charge is -2.26. The highest BCUT2D eigenvalue weighted by Crippen LogP contribution is 2.46. The fraction of sp³-hybridized carbons (Fsp3) is 0.178. The number of para-hydroxylation sites is 1. The number of aromatic hydroxyl groups is 1. The Bertz CT molecular complexity index is 4000. The first-order valence-electron chi connectivity index (χ1n) is 28.2. The molecule has 0 atom stereocenters. The predicted molar refractivity (Wildman–Crippen MR) is 322 cm³/mol. The minimum atomic E-state index is -1.52. The molecular weight excluding hydrogens is 935 g/mol. The Morgan fingerprint density at radius 1 is 0.481 bits per heavy atom. The normalized spacial score (nSPS) is 13.7. The summed E-state index contributed by atoms with van der Waals surface area (Å²) >= 11 is 0. The van der Waals surface area contributed by atoms with Gasteiger partial charge in [0, 0.05) is 36.6 Å². The van der Waals surface area contributed by atoms with Crippen LogP contribution in [-0.4, -0.2) is 19.6 Å². The van der Waals surface area contributed by atoms with Crippen LogP contribution >= 0.6 is 0 Å². The van der Waals surface area contributed by atoms with Gasteiger partial charge in [-0.2, -0.15) is 0 Å². The fourth-order valence-corrected chi connectivity index (χ4v) is 11.4. The number of fused-ring (bicyclic) bond motifs is 1.